The topological polar surface area (TPSA) is 43.4 Å². The molecule has 8 rings (SSSR count). The first-order chi connectivity index (χ1) is 20.1. The SMILES string of the molecule is CC1CCC2CCCC3[O][Ga]([O]c4ccc(Cc5ccc([O][Ga]6[O]C7CCCC8CCC(C)[N]6C87)cc5)cc4)[N]1C23. The molecule has 6 nitrogen and oxygen atoms in total. The van der Waals surface area contributed by atoms with Gasteiger partial charge in [-0.2, -0.15) is 0 Å². The normalized spacial score (nSPS) is 36.6. The quantitative estimate of drug-likeness (QED) is 0.346. The van der Waals surface area contributed by atoms with Crippen LogP contribution in [0.1, 0.15) is 89.2 Å². The second-order valence-electron chi connectivity index (χ2n) is 13.8. The summed E-state index contributed by atoms with van der Waals surface area (Å²) in [6.07, 6.45) is 14.9. The second kappa shape index (κ2) is 11.6. The summed E-state index contributed by atoms with van der Waals surface area (Å²) < 4.78 is 32.1. The molecule has 0 radical (unpaired) electrons. The van der Waals surface area contributed by atoms with Crippen LogP contribution in [-0.4, -0.2) is 78.0 Å². The molecule has 216 valence electrons. The third-order valence-electron chi connectivity index (χ3n) is 11.3. The van der Waals surface area contributed by atoms with Crippen molar-refractivity contribution in [2.75, 3.05) is 0 Å². The van der Waals surface area contributed by atoms with E-state index in [0.29, 0.717) is 36.4 Å². The van der Waals surface area contributed by atoms with Crippen LogP contribution in [0.5, 0.6) is 11.5 Å². The van der Waals surface area contributed by atoms with E-state index in [2.05, 4.69) is 69.6 Å². The van der Waals surface area contributed by atoms with E-state index in [4.69, 9.17) is 14.1 Å². The van der Waals surface area contributed by atoms with Crippen LogP contribution in [0.15, 0.2) is 48.5 Å². The van der Waals surface area contributed by atoms with Gasteiger partial charge >= 0.3 is 260 Å². The molecule has 2 aromatic rings. The summed E-state index contributed by atoms with van der Waals surface area (Å²) in [6, 6.07) is 20.0. The van der Waals surface area contributed by atoms with Crippen LogP contribution in [0, 0.1) is 11.8 Å². The van der Waals surface area contributed by atoms with Crippen LogP contribution in [0.2, 0.25) is 0 Å². The van der Waals surface area contributed by atoms with Gasteiger partial charge in [-0.05, 0) is 0 Å². The standard InChI is InChI=1S/C13H12O2.2C10H17NO.2Ga/c14-12-5-1-10(2-6-12)9-11-3-7-13(15)8-4-11;2*1-7-5-6-8-3-2-4-9(12)10(8)11-7;;/h1-8,14-15H,9H2;2*7-10H,2-6H2,1H3;;/q;2*-2;2*+3/p-2. The molecule has 8 atom stereocenters. The third kappa shape index (κ3) is 5.28. The molecular weight excluding hydrogens is 628 g/mol. The zero-order valence-electron chi connectivity index (χ0n) is 24.7. The number of rotatable bonds is 6. The fourth-order valence-corrected chi connectivity index (χ4v) is 20.0. The summed E-state index contributed by atoms with van der Waals surface area (Å²) in [5.41, 5.74) is 2.61. The summed E-state index contributed by atoms with van der Waals surface area (Å²) in [5.74, 6) is 3.60. The fourth-order valence-electron chi connectivity index (χ4n) is 9.20. The van der Waals surface area contributed by atoms with Gasteiger partial charge in [0.15, 0.2) is 0 Å². The zero-order chi connectivity index (χ0) is 27.5. The second-order valence-corrected chi connectivity index (χ2v) is 21.0. The van der Waals surface area contributed by atoms with Gasteiger partial charge in [0.25, 0.3) is 0 Å². The van der Waals surface area contributed by atoms with Crippen molar-refractivity contribution < 1.29 is 14.1 Å². The van der Waals surface area contributed by atoms with E-state index < -0.39 is 34.4 Å². The van der Waals surface area contributed by atoms with Crippen molar-refractivity contribution in [2.24, 2.45) is 11.8 Å². The third-order valence-corrected chi connectivity index (χ3v) is 21.3. The van der Waals surface area contributed by atoms with Gasteiger partial charge in [0.05, 0.1) is 0 Å². The van der Waals surface area contributed by atoms with Crippen molar-refractivity contribution in [3.05, 3.63) is 59.7 Å². The Hall–Kier alpha value is -0.847. The van der Waals surface area contributed by atoms with Gasteiger partial charge in [-0.25, -0.2) is 0 Å². The molecule has 2 aliphatic carbocycles. The Kier molecular flexibility index (Phi) is 7.82. The molecule has 6 aliphatic rings. The van der Waals surface area contributed by atoms with Crippen molar-refractivity contribution in [1.29, 1.82) is 0 Å². The number of hydrogen-bond donors (Lipinski definition) is 0. The van der Waals surface area contributed by atoms with Gasteiger partial charge < -0.3 is 0 Å². The predicted molar refractivity (Wildman–Crippen MR) is 162 cm³/mol. The van der Waals surface area contributed by atoms with E-state index >= 15 is 0 Å². The molecule has 0 amide bonds. The Balaban J connectivity index is 0.888. The molecule has 0 bridgehead atoms. The number of hydrogen-bond acceptors (Lipinski definition) is 6. The van der Waals surface area contributed by atoms with E-state index in [1.54, 1.807) is 0 Å². The Morgan fingerprint density at radius 3 is 1.49 bits per heavy atom. The van der Waals surface area contributed by atoms with Gasteiger partial charge in [0.2, 0.25) is 0 Å². The zero-order valence-corrected chi connectivity index (χ0v) is 29.5. The first kappa shape index (κ1) is 27.7. The van der Waals surface area contributed by atoms with Gasteiger partial charge in [-0.1, -0.05) is 0 Å². The monoisotopic (exact) mass is 670 g/mol. The van der Waals surface area contributed by atoms with Crippen LogP contribution in [0.25, 0.3) is 0 Å². The molecule has 41 heavy (non-hydrogen) atoms. The molecule has 4 aliphatic heterocycles. The average Bonchev–Trinajstić information content (AvgIpc) is 3.55. The number of piperidine rings is 2. The van der Waals surface area contributed by atoms with Crippen molar-refractivity contribution >= 4 is 34.4 Å². The fraction of sp³-hybridized carbons (Fsp3) is 0.636. The van der Waals surface area contributed by atoms with Crippen LogP contribution >= 0.6 is 0 Å². The Morgan fingerprint density at radius 2 is 1.05 bits per heavy atom. The molecule has 4 saturated heterocycles. The molecule has 0 aromatic heterocycles. The van der Waals surface area contributed by atoms with Gasteiger partial charge in [0, 0.05) is 0 Å². The maximum atomic E-state index is 6.67. The van der Waals surface area contributed by atoms with Crippen LogP contribution in [0.4, 0.5) is 0 Å². The van der Waals surface area contributed by atoms with E-state index in [1.165, 1.54) is 75.3 Å². The van der Waals surface area contributed by atoms with Gasteiger partial charge in [-0.3, -0.25) is 0 Å². The summed E-state index contributed by atoms with van der Waals surface area (Å²) >= 11 is -4.93. The van der Waals surface area contributed by atoms with Gasteiger partial charge in [0.1, 0.15) is 0 Å². The average molecular weight is 672 g/mol. The molecule has 4 heterocycles. The Morgan fingerprint density at radius 1 is 0.610 bits per heavy atom. The van der Waals surface area contributed by atoms with Crippen molar-refractivity contribution in [2.45, 2.75) is 121 Å². The van der Waals surface area contributed by atoms with Crippen molar-refractivity contribution in [1.82, 2.24) is 7.21 Å². The Labute approximate surface area is 258 Å². The molecule has 0 N–H and O–H groups in total. The molecule has 8 heteroatoms. The molecule has 6 fully saturated rings. The summed E-state index contributed by atoms with van der Waals surface area (Å²) in [6.45, 7) is 4.77. The predicted octanol–water partition coefficient (Wildman–Crippen LogP) is 6.11. The first-order valence-corrected chi connectivity index (χ1v) is 22.6. The van der Waals surface area contributed by atoms with E-state index in [-0.39, 0.29) is 0 Å². The molecular formula is C33H44Ga2N2O4. The van der Waals surface area contributed by atoms with E-state index in [1.807, 2.05) is 0 Å². The number of nitrogens with zero attached hydrogens (tertiary/aromatic N) is 2. The minimum atomic E-state index is -2.47. The van der Waals surface area contributed by atoms with E-state index in [0.717, 1.165) is 29.8 Å². The molecule has 8 unspecified atom stereocenters. The minimum absolute atomic E-state index is 0.417. The Bertz CT molecular complexity index is 1120. The van der Waals surface area contributed by atoms with Gasteiger partial charge in [-0.15, -0.1) is 0 Å². The number of benzene rings is 2. The van der Waals surface area contributed by atoms with Crippen LogP contribution < -0.4 is 7.06 Å². The van der Waals surface area contributed by atoms with Crippen LogP contribution in [0.3, 0.4) is 0 Å². The molecule has 0 spiro atoms. The summed E-state index contributed by atoms with van der Waals surface area (Å²) in [7, 11) is 0. The summed E-state index contributed by atoms with van der Waals surface area (Å²) in [4.78, 5) is 0. The van der Waals surface area contributed by atoms with Crippen molar-refractivity contribution in [3.63, 3.8) is 0 Å². The van der Waals surface area contributed by atoms with Crippen LogP contribution in [-0.2, 0) is 13.5 Å². The van der Waals surface area contributed by atoms with Crippen molar-refractivity contribution in [3.8, 4) is 11.5 Å². The maximum absolute atomic E-state index is 6.67. The molecule has 2 aromatic carbocycles. The molecule has 2 saturated carbocycles. The first-order valence-electron chi connectivity index (χ1n) is 16.5. The van der Waals surface area contributed by atoms with E-state index in [9.17, 15) is 0 Å². The summed E-state index contributed by atoms with van der Waals surface area (Å²) in [5, 5.41) is 0.